The van der Waals surface area contributed by atoms with Gasteiger partial charge in [-0.25, -0.2) is 4.79 Å². The first-order chi connectivity index (χ1) is 10.0. The Morgan fingerprint density at radius 1 is 1.33 bits per heavy atom. The standard InChI is InChI=1S/C15H18N2O4/c1-2-12-14(19)16-7-8-17(12)13(18)9-10-3-5-11(6-4-10)15(20)21/h3-6,12H,2,7-9H2,1H3,(H,16,19)(H,20,21). The summed E-state index contributed by atoms with van der Waals surface area (Å²) in [5.41, 5.74) is 0.931. The predicted molar refractivity (Wildman–Crippen MR) is 75.9 cm³/mol. The largest absolute Gasteiger partial charge is 0.478 e. The van der Waals surface area contributed by atoms with Crippen LogP contribution < -0.4 is 5.32 Å². The van der Waals surface area contributed by atoms with Gasteiger partial charge in [0, 0.05) is 13.1 Å². The summed E-state index contributed by atoms with van der Waals surface area (Å²) < 4.78 is 0. The third-order valence-electron chi connectivity index (χ3n) is 3.59. The van der Waals surface area contributed by atoms with Crippen LogP contribution in [0.25, 0.3) is 0 Å². The Hall–Kier alpha value is -2.37. The van der Waals surface area contributed by atoms with E-state index in [1.54, 1.807) is 17.0 Å². The van der Waals surface area contributed by atoms with E-state index in [0.717, 1.165) is 5.56 Å². The third-order valence-corrected chi connectivity index (χ3v) is 3.59. The number of carbonyl (C=O) groups excluding carboxylic acids is 2. The van der Waals surface area contributed by atoms with Crippen LogP contribution in [0.5, 0.6) is 0 Å². The molecule has 1 saturated heterocycles. The van der Waals surface area contributed by atoms with Crippen molar-refractivity contribution in [1.82, 2.24) is 10.2 Å². The molecular formula is C15H18N2O4. The smallest absolute Gasteiger partial charge is 0.335 e. The molecule has 2 N–H and O–H groups in total. The van der Waals surface area contributed by atoms with Gasteiger partial charge in [-0.05, 0) is 24.1 Å². The Morgan fingerprint density at radius 2 is 2.00 bits per heavy atom. The minimum atomic E-state index is -0.994. The zero-order chi connectivity index (χ0) is 15.4. The highest BCUT2D eigenvalue weighted by molar-refractivity contribution is 5.90. The lowest BCUT2D eigenvalue weighted by Gasteiger charge is -2.34. The van der Waals surface area contributed by atoms with Crippen LogP contribution >= 0.6 is 0 Å². The lowest BCUT2D eigenvalue weighted by molar-refractivity contribution is -0.142. The van der Waals surface area contributed by atoms with E-state index in [1.807, 2.05) is 6.92 Å². The number of nitrogens with zero attached hydrogens (tertiary/aromatic N) is 1. The van der Waals surface area contributed by atoms with Gasteiger partial charge in [-0.1, -0.05) is 19.1 Å². The molecular weight excluding hydrogens is 272 g/mol. The number of aromatic carboxylic acids is 1. The molecule has 1 aliphatic rings. The molecule has 1 unspecified atom stereocenters. The molecule has 1 aromatic rings. The second-order valence-electron chi connectivity index (χ2n) is 4.98. The highest BCUT2D eigenvalue weighted by atomic mass is 16.4. The van der Waals surface area contributed by atoms with Gasteiger partial charge < -0.3 is 15.3 Å². The number of carboxylic acids is 1. The van der Waals surface area contributed by atoms with E-state index in [0.29, 0.717) is 19.5 Å². The van der Waals surface area contributed by atoms with Crippen LogP contribution in [-0.2, 0) is 16.0 Å². The summed E-state index contributed by atoms with van der Waals surface area (Å²) in [4.78, 5) is 36.5. The highest BCUT2D eigenvalue weighted by Crippen LogP contribution is 2.12. The fourth-order valence-corrected chi connectivity index (χ4v) is 2.46. The van der Waals surface area contributed by atoms with Gasteiger partial charge in [0.05, 0.1) is 12.0 Å². The van der Waals surface area contributed by atoms with Crippen LogP contribution in [0.4, 0.5) is 0 Å². The van der Waals surface area contributed by atoms with Crippen LogP contribution in [0.2, 0.25) is 0 Å². The Morgan fingerprint density at radius 3 is 2.57 bits per heavy atom. The SMILES string of the molecule is CCC1C(=O)NCCN1C(=O)Cc1ccc(C(=O)O)cc1. The average molecular weight is 290 g/mol. The van der Waals surface area contributed by atoms with Crippen LogP contribution in [0, 0.1) is 0 Å². The third kappa shape index (κ3) is 3.39. The monoisotopic (exact) mass is 290 g/mol. The van der Waals surface area contributed by atoms with Crippen molar-refractivity contribution in [3.8, 4) is 0 Å². The van der Waals surface area contributed by atoms with Crippen molar-refractivity contribution >= 4 is 17.8 Å². The van der Waals surface area contributed by atoms with Crippen molar-refractivity contribution in [3.05, 3.63) is 35.4 Å². The molecule has 0 spiro atoms. The second-order valence-corrected chi connectivity index (χ2v) is 4.98. The lowest BCUT2D eigenvalue weighted by atomic mass is 10.1. The maximum Gasteiger partial charge on any atom is 0.335 e. The molecule has 1 fully saturated rings. The summed E-state index contributed by atoms with van der Waals surface area (Å²) in [5.74, 6) is -1.22. The Balaban J connectivity index is 2.06. The molecule has 1 aromatic carbocycles. The average Bonchev–Trinajstić information content (AvgIpc) is 2.47. The number of carboxylic acid groups (broad SMARTS) is 1. The number of amides is 2. The first kappa shape index (κ1) is 15.0. The van der Waals surface area contributed by atoms with Crippen LogP contribution in [0.1, 0.15) is 29.3 Å². The molecule has 0 radical (unpaired) electrons. The van der Waals surface area contributed by atoms with E-state index >= 15 is 0 Å². The van der Waals surface area contributed by atoms with Gasteiger partial charge in [0.1, 0.15) is 6.04 Å². The molecule has 0 bridgehead atoms. The van der Waals surface area contributed by atoms with Crippen molar-refractivity contribution in [1.29, 1.82) is 0 Å². The maximum atomic E-state index is 12.3. The molecule has 112 valence electrons. The van der Waals surface area contributed by atoms with Crippen LogP contribution in [0.3, 0.4) is 0 Å². The minimum absolute atomic E-state index is 0.111. The van der Waals surface area contributed by atoms with Crippen LogP contribution in [0.15, 0.2) is 24.3 Å². The number of benzene rings is 1. The molecule has 21 heavy (non-hydrogen) atoms. The van der Waals surface area contributed by atoms with Gasteiger partial charge in [-0.3, -0.25) is 9.59 Å². The Kier molecular flexibility index (Phi) is 4.57. The first-order valence-electron chi connectivity index (χ1n) is 6.92. The Labute approximate surface area is 122 Å². The lowest BCUT2D eigenvalue weighted by Crippen LogP contribution is -2.57. The van der Waals surface area contributed by atoms with Crippen molar-refractivity contribution in [2.24, 2.45) is 0 Å². The molecule has 2 rings (SSSR count). The van der Waals surface area contributed by atoms with Crippen molar-refractivity contribution in [2.45, 2.75) is 25.8 Å². The van der Waals surface area contributed by atoms with Gasteiger partial charge >= 0.3 is 5.97 Å². The molecule has 0 saturated carbocycles. The Bertz CT molecular complexity index is 553. The number of hydrogen-bond donors (Lipinski definition) is 2. The van der Waals surface area contributed by atoms with Gasteiger partial charge in [0.2, 0.25) is 11.8 Å². The fourth-order valence-electron chi connectivity index (χ4n) is 2.46. The van der Waals surface area contributed by atoms with E-state index in [9.17, 15) is 14.4 Å². The summed E-state index contributed by atoms with van der Waals surface area (Å²) in [6.07, 6.45) is 0.749. The van der Waals surface area contributed by atoms with Gasteiger partial charge in [-0.15, -0.1) is 0 Å². The predicted octanol–water partition coefficient (Wildman–Crippen LogP) is 0.664. The molecule has 0 aliphatic carbocycles. The minimum Gasteiger partial charge on any atom is -0.478 e. The summed E-state index contributed by atoms with van der Waals surface area (Å²) in [7, 11) is 0. The molecule has 1 atom stereocenters. The van der Waals surface area contributed by atoms with Crippen LogP contribution in [-0.4, -0.2) is 46.9 Å². The number of rotatable bonds is 4. The molecule has 0 aromatic heterocycles. The van der Waals surface area contributed by atoms with E-state index in [1.165, 1.54) is 12.1 Å². The van der Waals surface area contributed by atoms with Gasteiger partial charge in [0.15, 0.2) is 0 Å². The molecule has 6 nitrogen and oxygen atoms in total. The number of nitrogens with one attached hydrogen (secondary N) is 1. The van der Waals surface area contributed by atoms with E-state index in [-0.39, 0.29) is 23.8 Å². The number of piperazine rings is 1. The van der Waals surface area contributed by atoms with Crippen molar-refractivity contribution in [3.63, 3.8) is 0 Å². The molecule has 6 heteroatoms. The topological polar surface area (TPSA) is 86.7 Å². The second kappa shape index (κ2) is 6.39. The molecule has 1 heterocycles. The summed E-state index contributed by atoms with van der Waals surface area (Å²) in [6.45, 7) is 2.85. The van der Waals surface area contributed by atoms with Crippen molar-refractivity contribution in [2.75, 3.05) is 13.1 Å². The first-order valence-corrected chi connectivity index (χ1v) is 6.92. The maximum absolute atomic E-state index is 12.3. The molecule has 1 aliphatic heterocycles. The number of carbonyl (C=O) groups is 3. The van der Waals surface area contributed by atoms with Gasteiger partial charge in [0.25, 0.3) is 0 Å². The summed E-state index contributed by atoms with van der Waals surface area (Å²) >= 11 is 0. The van der Waals surface area contributed by atoms with Gasteiger partial charge in [-0.2, -0.15) is 0 Å². The zero-order valence-electron chi connectivity index (χ0n) is 11.8. The zero-order valence-corrected chi connectivity index (χ0v) is 11.8. The van der Waals surface area contributed by atoms with E-state index in [4.69, 9.17) is 5.11 Å². The number of hydrogen-bond acceptors (Lipinski definition) is 3. The fraction of sp³-hybridized carbons (Fsp3) is 0.400. The molecule has 2 amide bonds. The van der Waals surface area contributed by atoms with E-state index < -0.39 is 12.0 Å². The highest BCUT2D eigenvalue weighted by Gasteiger charge is 2.31. The quantitative estimate of drug-likeness (QED) is 0.853. The van der Waals surface area contributed by atoms with Crippen molar-refractivity contribution < 1.29 is 19.5 Å². The normalized spacial score (nSPS) is 18.2. The van der Waals surface area contributed by atoms with E-state index in [2.05, 4.69) is 5.32 Å². The summed E-state index contributed by atoms with van der Waals surface area (Å²) in [6, 6.07) is 5.80. The summed E-state index contributed by atoms with van der Waals surface area (Å²) in [5, 5.41) is 11.6.